The Bertz CT molecular complexity index is 802. The van der Waals surface area contributed by atoms with Gasteiger partial charge in [-0.3, -0.25) is 4.79 Å². The standard InChI is InChI=1S/C19H27NO6S/c1-13-10-20(11-14(2)26-13)27(23,24)16-8-6-7-15(9-16)18(22)25-12-17(21)19(3,4)5/h6-9,13-14H,10-12H2,1-5H3. The minimum atomic E-state index is -3.76. The number of benzene rings is 1. The van der Waals surface area contributed by atoms with Crippen LogP contribution in [0.3, 0.4) is 0 Å². The fourth-order valence-electron chi connectivity index (χ4n) is 2.69. The van der Waals surface area contributed by atoms with Crippen LogP contribution in [0, 0.1) is 5.41 Å². The first-order valence-corrected chi connectivity index (χ1v) is 10.3. The maximum atomic E-state index is 12.9. The first kappa shape index (κ1) is 21.5. The average Bonchev–Trinajstić information content (AvgIpc) is 2.57. The van der Waals surface area contributed by atoms with Gasteiger partial charge < -0.3 is 9.47 Å². The molecule has 1 aromatic rings. The number of rotatable bonds is 5. The van der Waals surface area contributed by atoms with Crippen LogP contribution in [0.5, 0.6) is 0 Å². The Hall–Kier alpha value is -1.77. The first-order chi connectivity index (χ1) is 12.4. The molecule has 7 nitrogen and oxygen atoms in total. The summed E-state index contributed by atoms with van der Waals surface area (Å²) in [6, 6.07) is 5.68. The zero-order chi connectivity index (χ0) is 20.4. The van der Waals surface area contributed by atoms with Crippen molar-refractivity contribution >= 4 is 21.8 Å². The van der Waals surface area contributed by atoms with Gasteiger partial charge in [-0.1, -0.05) is 26.8 Å². The molecule has 0 bridgehead atoms. The van der Waals surface area contributed by atoms with Gasteiger partial charge in [0.05, 0.1) is 22.7 Å². The number of hydrogen-bond acceptors (Lipinski definition) is 6. The van der Waals surface area contributed by atoms with Crippen LogP contribution in [0.4, 0.5) is 0 Å². The third kappa shape index (κ3) is 5.37. The summed E-state index contributed by atoms with van der Waals surface area (Å²) in [5.74, 6) is -0.940. The molecule has 1 saturated heterocycles. The van der Waals surface area contributed by atoms with Crippen molar-refractivity contribution in [1.29, 1.82) is 0 Å². The number of ether oxygens (including phenoxy) is 2. The van der Waals surface area contributed by atoms with Crippen molar-refractivity contribution in [1.82, 2.24) is 4.31 Å². The number of morpholine rings is 1. The highest BCUT2D eigenvalue weighted by molar-refractivity contribution is 7.89. The van der Waals surface area contributed by atoms with E-state index in [-0.39, 0.29) is 48.1 Å². The van der Waals surface area contributed by atoms with E-state index >= 15 is 0 Å². The average molecular weight is 397 g/mol. The number of ketones is 1. The Morgan fingerprint density at radius 2 is 1.78 bits per heavy atom. The van der Waals surface area contributed by atoms with Crippen molar-refractivity contribution in [3.8, 4) is 0 Å². The van der Waals surface area contributed by atoms with E-state index in [2.05, 4.69) is 0 Å². The van der Waals surface area contributed by atoms with E-state index in [9.17, 15) is 18.0 Å². The predicted octanol–water partition coefficient (Wildman–Crippen LogP) is 2.26. The zero-order valence-corrected chi connectivity index (χ0v) is 17.2. The summed E-state index contributed by atoms with van der Waals surface area (Å²) in [5.41, 5.74) is -0.526. The van der Waals surface area contributed by atoms with E-state index in [1.54, 1.807) is 20.8 Å². The Balaban J connectivity index is 2.16. The molecule has 150 valence electrons. The minimum absolute atomic E-state index is 0.0143. The van der Waals surface area contributed by atoms with Crippen LogP contribution in [-0.2, 0) is 24.3 Å². The van der Waals surface area contributed by atoms with E-state index in [0.29, 0.717) is 0 Å². The summed E-state index contributed by atoms with van der Waals surface area (Å²) < 4.78 is 37.8. The van der Waals surface area contributed by atoms with Gasteiger partial charge in [0, 0.05) is 18.5 Å². The largest absolute Gasteiger partial charge is 0.454 e. The number of sulfonamides is 1. The zero-order valence-electron chi connectivity index (χ0n) is 16.4. The van der Waals surface area contributed by atoms with Gasteiger partial charge in [-0.15, -0.1) is 0 Å². The third-order valence-electron chi connectivity index (χ3n) is 4.26. The van der Waals surface area contributed by atoms with Crippen molar-refractivity contribution in [2.45, 2.75) is 51.7 Å². The van der Waals surface area contributed by atoms with Gasteiger partial charge in [-0.25, -0.2) is 13.2 Å². The predicted molar refractivity (Wildman–Crippen MR) is 100.0 cm³/mol. The Labute approximate surface area is 160 Å². The summed E-state index contributed by atoms with van der Waals surface area (Å²) in [6.45, 7) is 9.00. The van der Waals surface area contributed by atoms with Gasteiger partial charge in [0.2, 0.25) is 10.0 Å². The minimum Gasteiger partial charge on any atom is -0.454 e. The molecule has 0 N–H and O–H groups in total. The molecule has 0 spiro atoms. The summed E-state index contributed by atoms with van der Waals surface area (Å²) in [4.78, 5) is 24.1. The van der Waals surface area contributed by atoms with Crippen molar-refractivity contribution < 1.29 is 27.5 Å². The van der Waals surface area contributed by atoms with Gasteiger partial charge in [-0.2, -0.15) is 4.31 Å². The van der Waals surface area contributed by atoms with E-state index in [4.69, 9.17) is 9.47 Å². The number of carbonyl (C=O) groups is 2. The highest BCUT2D eigenvalue weighted by Crippen LogP contribution is 2.22. The Morgan fingerprint density at radius 3 is 2.33 bits per heavy atom. The van der Waals surface area contributed by atoms with Crippen LogP contribution in [0.25, 0.3) is 0 Å². The molecule has 8 heteroatoms. The fourth-order valence-corrected chi connectivity index (χ4v) is 4.33. The lowest BCUT2D eigenvalue weighted by Crippen LogP contribution is -2.48. The van der Waals surface area contributed by atoms with Crippen molar-refractivity contribution in [2.24, 2.45) is 5.41 Å². The van der Waals surface area contributed by atoms with E-state index in [0.717, 1.165) is 0 Å². The number of carbonyl (C=O) groups excluding carboxylic acids is 2. The molecule has 0 radical (unpaired) electrons. The summed E-state index contributed by atoms with van der Waals surface area (Å²) >= 11 is 0. The van der Waals surface area contributed by atoms with E-state index < -0.39 is 21.4 Å². The lowest BCUT2D eigenvalue weighted by Gasteiger charge is -2.34. The van der Waals surface area contributed by atoms with E-state index in [1.807, 2.05) is 13.8 Å². The molecule has 1 aromatic carbocycles. The molecule has 0 aromatic heterocycles. The second-order valence-corrected chi connectivity index (χ2v) is 9.79. The van der Waals surface area contributed by atoms with E-state index in [1.165, 1.54) is 28.6 Å². The Kier molecular flexibility index (Phi) is 6.44. The quantitative estimate of drug-likeness (QED) is 0.708. The molecule has 0 amide bonds. The first-order valence-electron chi connectivity index (χ1n) is 8.87. The number of Topliss-reactive ketones (excluding diaryl/α,β-unsaturated/α-hetero) is 1. The normalized spacial score (nSPS) is 21.7. The van der Waals surface area contributed by atoms with Gasteiger partial charge in [0.15, 0.2) is 12.4 Å². The smallest absolute Gasteiger partial charge is 0.338 e. The van der Waals surface area contributed by atoms with Crippen LogP contribution >= 0.6 is 0 Å². The van der Waals surface area contributed by atoms with Gasteiger partial charge >= 0.3 is 5.97 Å². The summed E-state index contributed by atoms with van der Waals surface area (Å²) in [6.07, 6.45) is -0.417. The molecule has 1 fully saturated rings. The second-order valence-electron chi connectivity index (χ2n) is 7.86. The molecule has 2 unspecified atom stereocenters. The lowest BCUT2D eigenvalue weighted by molar-refractivity contribution is -0.129. The molecule has 2 atom stereocenters. The van der Waals surface area contributed by atoms with Crippen molar-refractivity contribution in [3.05, 3.63) is 29.8 Å². The number of hydrogen-bond donors (Lipinski definition) is 0. The van der Waals surface area contributed by atoms with Crippen LogP contribution in [0.1, 0.15) is 45.0 Å². The lowest BCUT2D eigenvalue weighted by atomic mass is 9.91. The molecule has 1 aliphatic heterocycles. The molecular formula is C19H27NO6S. The fraction of sp³-hybridized carbons (Fsp3) is 0.579. The highest BCUT2D eigenvalue weighted by Gasteiger charge is 2.32. The molecule has 0 aliphatic carbocycles. The monoisotopic (exact) mass is 397 g/mol. The van der Waals surface area contributed by atoms with Crippen molar-refractivity contribution in [2.75, 3.05) is 19.7 Å². The topological polar surface area (TPSA) is 90.0 Å². The number of nitrogens with zero attached hydrogens (tertiary/aromatic N) is 1. The van der Waals surface area contributed by atoms with Gasteiger partial charge in [0.25, 0.3) is 0 Å². The summed E-state index contributed by atoms with van der Waals surface area (Å²) in [7, 11) is -3.76. The van der Waals surface area contributed by atoms with Gasteiger partial charge in [0.1, 0.15) is 0 Å². The van der Waals surface area contributed by atoms with Crippen molar-refractivity contribution in [3.63, 3.8) is 0 Å². The number of esters is 1. The summed E-state index contributed by atoms with van der Waals surface area (Å²) in [5, 5.41) is 0. The molecular weight excluding hydrogens is 370 g/mol. The maximum Gasteiger partial charge on any atom is 0.338 e. The third-order valence-corrected chi connectivity index (χ3v) is 6.09. The second kappa shape index (κ2) is 8.08. The Morgan fingerprint density at radius 1 is 1.19 bits per heavy atom. The van der Waals surface area contributed by atoms with Gasteiger partial charge in [-0.05, 0) is 32.0 Å². The molecule has 1 aliphatic rings. The van der Waals surface area contributed by atoms with Crippen LogP contribution in [-0.4, -0.2) is 56.4 Å². The molecule has 27 heavy (non-hydrogen) atoms. The van der Waals surface area contributed by atoms with Crippen LogP contribution < -0.4 is 0 Å². The molecule has 2 rings (SSSR count). The van der Waals surface area contributed by atoms with Crippen LogP contribution in [0.15, 0.2) is 29.2 Å². The molecule has 0 saturated carbocycles. The van der Waals surface area contributed by atoms with Crippen LogP contribution in [0.2, 0.25) is 0 Å². The SMILES string of the molecule is CC1CN(S(=O)(=O)c2cccc(C(=O)OCC(=O)C(C)(C)C)c2)CC(C)O1. The molecule has 1 heterocycles. The highest BCUT2D eigenvalue weighted by atomic mass is 32.2. The maximum absolute atomic E-state index is 12.9.